The third kappa shape index (κ3) is 3.82. The maximum Gasteiger partial charge on any atom is 0.247 e. The van der Waals surface area contributed by atoms with Gasteiger partial charge in [-0.15, -0.1) is 0 Å². The van der Waals surface area contributed by atoms with Crippen molar-refractivity contribution in [2.45, 2.75) is 13.3 Å². The van der Waals surface area contributed by atoms with Crippen LogP contribution in [0.1, 0.15) is 29.4 Å². The molecule has 2 aromatic heterocycles. The molecule has 1 aromatic carbocycles. The van der Waals surface area contributed by atoms with E-state index in [-0.39, 0.29) is 28.4 Å². The Morgan fingerprint density at radius 3 is 2.84 bits per heavy atom. The second-order valence-corrected chi connectivity index (χ2v) is 7.19. The topological polar surface area (TPSA) is 102 Å². The predicted octanol–water partition coefficient (Wildman–Crippen LogP) is 2.74. The van der Waals surface area contributed by atoms with Crippen LogP contribution in [0, 0.1) is 5.82 Å². The summed E-state index contributed by atoms with van der Waals surface area (Å²) in [4.78, 5) is 20.5. The van der Waals surface area contributed by atoms with E-state index in [1.165, 1.54) is 18.5 Å². The molecule has 0 aliphatic heterocycles. The van der Waals surface area contributed by atoms with Gasteiger partial charge in [0.2, 0.25) is 21.5 Å². The maximum atomic E-state index is 13.8. The number of fused-ring (bicyclic) bond motifs is 1. The SMILES string of the molecule is CCCS(=O)(=O)Nc1cc(F)cc(C(=O)c2ccc3ncoc3n2)c1. The van der Waals surface area contributed by atoms with Crippen LogP contribution in [0.5, 0.6) is 0 Å². The second-order valence-electron chi connectivity index (χ2n) is 5.35. The van der Waals surface area contributed by atoms with Crippen LogP contribution in [-0.2, 0) is 10.0 Å². The Hall–Kier alpha value is -2.81. The fraction of sp³-hybridized carbons (Fsp3) is 0.188. The molecule has 0 aliphatic rings. The molecule has 3 rings (SSSR count). The van der Waals surface area contributed by atoms with E-state index in [1.807, 2.05) is 0 Å². The van der Waals surface area contributed by atoms with E-state index in [0.29, 0.717) is 11.9 Å². The van der Waals surface area contributed by atoms with Gasteiger partial charge in [-0.3, -0.25) is 9.52 Å². The van der Waals surface area contributed by atoms with Gasteiger partial charge in [-0.05, 0) is 36.8 Å². The fourth-order valence-electron chi connectivity index (χ4n) is 2.30. The lowest BCUT2D eigenvalue weighted by Gasteiger charge is -2.09. The van der Waals surface area contributed by atoms with Crippen LogP contribution in [0.2, 0.25) is 0 Å². The number of halogens is 1. The van der Waals surface area contributed by atoms with Crippen molar-refractivity contribution in [1.29, 1.82) is 0 Å². The molecule has 0 atom stereocenters. The monoisotopic (exact) mass is 363 g/mol. The van der Waals surface area contributed by atoms with Crippen molar-refractivity contribution >= 4 is 32.7 Å². The van der Waals surface area contributed by atoms with Gasteiger partial charge in [0.1, 0.15) is 17.0 Å². The molecule has 3 aromatic rings. The first-order chi connectivity index (χ1) is 11.9. The average Bonchev–Trinajstić information content (AvgIpc) is 3.00. The summed E-state index contributed by atoms with van der Waals surface area (Å²) in [7, 11) is -3.60. The van der Waals surface area contributed by atoms with Crippen LogP contribution in [0.4, 0.5) is 10.1 Å². The standard InChI is InChI=1S/C16H14FN3O4S/c1-2-5-25(22,23)20-12-7-10(6-11(17)8-12)15(21)13-3-4-14-16(19-13)24-9-18-14/h3-4,6-9,20H,2,5H2,1H3. The van der Waals surface area contributed by atoms with Gasteiger partial charge in [-0.25, -0.2) is 22.8 Å². The maximum absolute atomic E-state index is 13.8. The lowest BCUT2D eigenvalue weighted by molar-refractivity contribution is 0.103. The summed E-state index contributed by atoms with van der Waals surface area (Å²) in [5.74, 6) is -1.40. The van der Waals surface area contributed by atoms with Crippen LogP contribution in [0.3, 0.4) is 0 Å². The first kappa shape index (κ1) is 17.0. The Balaban J connectivity index is 1.94. The average molecular weight is 363 g/mol. The Labute approximate surface area is 143 Å². The van der Waals surface area contributed by atoms with Crippen LogP contribution in [-0.4, -0.2) is 29.9 Å². The highest BCUT2D eigenvalue weighted by Gasteiger charge is 2.16. The normalized spacial score (nSPS) is 11.6. The van der Waals surface area contributed by atoms with Gasteiger partial charge in [0, 0.05) is 5.56 Å². The van der Waals surface area contributed by atoms with Crippen molar-refractivity contribution in [3.63, 3.8) is 0 Å². The number of pyridine rings is 1. The molecular formula is C16H14FN3O4S. The summed E-state index contributed by atoms with van der Waals surface area (Å²) < 4.78 is 44.8. The number of aromatic nitrogens is 2. The highest BCUT2D eigenvalue weighted by Crippen LogP contribution is 2.19. The van der Waals surface area contributed by atoms with Gasteiger partial charge < -0.3 is 4.42 Å². The number of hydrogen-bond acceptors (Lipinski definition) is 6. The predicted molar refractivity (Wildman–Crippen MR) is 89.3 cm³/mol. The molecule has 0 fully saturated rings. The Kier molecular flexibility index (Phi) is 4.49. The molecule has 0 saturated heterocycles. The van der Waals surface area contributed by atoms with Gasteiger partial charge in [-0.2, -0.15) is 0 Å². The molecular weight excluding hydrogens is 349 g/mol. The summed E-state index contributed by atoms with van der Waals surface area (Å²) in [5.41, 5.74) is 0.672. The number of nitrogens with one attached hydrogen (secondary N) is 1. The number of anilines is 1. The first-order valence-corrected chi connectivity index (χ1v) is 9.09. The van der Waals surface area contributed by atoms with Crippen molar-refractivity contribution in [2.75, 3.05) is 10.5 Å². The molecule has 0 spiro atoms. The van der Waals surface area contributed by atoms with Gasteiger partial charge >= 0.3 is 0 Å². The number of rotatable bonds is 6. The van der Waals surface area contributed by atoms with Crippen molar-refractivity contribution in [3.8, 4) is 0 Å². The van der Waals surface area contributed by atoms with E-state index in [2.05, 4.69) is 14.7 Å². The summed E-state index contributed by atoms with van der Waals surface area (Å²) in [6, 6.07) is 6.30. The van der Waals surface area contributed by atoms with Crippen LogP contribution < -0.4 is 4.72 Å². The molecule has 1 N–H and O–H groups in total. The van der Waals surface area contributed by atoms with Crippen molar-refractivity contribution in [3.05, 3.63) is 53.8 Å². The molecule has 2 heterocycles. The molecule has 0 saturated carbocycles. The van der Waals surface area contributed by atoms with Crippen molar-refractivity contribution in [1.82, 2.24) is 9.97 Å². The quantitative estimate of drug-likeness (QED) is 0.676. The van der Waals surface area contributed by atoms with Gasteiger partial charge in [-0.1, -0.05) is 6.92 Å². The molecule has 0 radical (unpaired) electrons. The van der Waals surface area contributed by atoms with E-state index in [1.54, 1.807) is 13.0 Å². The van der Waals surface area contributed by atoms with E-state index < -0.39 is 21.6 Å². The number of ketones is 1. The lowest BCUT2D eigenvalue weighted by Crippen LogP contribution is -2.16. The molecule has 0 bridgehead atoms. The zero-order valence-corrected chi connectivity index (χ0v) is 14.0. The zero-order valence-electron chi connectivity index (χ0n) is 13.2. The number of hydrogen-bond donors (Lipinski definition) is 1. The Morgan fingerprint density at radius 2 is 2.08 bits per heavy atom. The first-order valence-electron chi connectivity index (χ1n) is 7.44. The zero-order chi connectivity index (χ0) is 18.0. The van der Waals surface area contributed by atoms with Crippen LogP contribution in [0.15, 0.2) is 41.1 Å². The second kappa shape index (κ2) is 6.60. The number of benzene rings is 1. The number of sulfonamides is 1. The number of oxazole rings is 1. The summed E-state index contributed by atoms with van der Waals surface area (Å²) in [6.07, 6.45) is 1.62. The number of carbonyl (C=O) groups excluding carboxylic acids is 1. The van der Waals surface area contributed by atoms with Crippen molar-refractivity contribution < 1.29 is 22.0 Å². The van der Waals surface area contributed by atoms with Crippen LogP contribution in [0.25, 0.3) is 11.2 Å². The minimum Gasteiger partial charge on any atom is -0.425 e. The minimum absolute atomic E-state index is 0.0162. The molecule has 0 unspecified atom stereocenters. The molecule has 0 amide bonds. The molecule has 130 valence electrons. The fourth-order valence-corrected chi connectivity index (χ4v) is 3.42. The highest BCUT2D eigenvalue weighted by atomic mass is 32.2. The van der Waals surface area contributed by atoms with Gasteiger partial charge in [0.15, 0.2) is 6.39 Å². The molecule has 9 heteroatoms. The van der Waals surface area contributed by atoms with Gasteiger partial charge in [0.05, 0.1) is 11.4 Å². The molecule has 7 nitrogen and oxygen atoms in total. The number of carbonyl (C=O) groups is 1. The summed E-state index contributed by atoms with van der Waals surface area (Å²) >= 11 is 0. The summed E-state index contributed by atoms with van der Waals surface area (Å²) in [6.45, 7) is 1.71. The van der Waals surface area contributed by atoms with Crippen LogP contribution >= 0.6 is 0 Å². The van der Waals surface area contributed by atoms with E-state index in [0.717, 1.165) is 12.1 Å². The molecule has 0 aliphatic carbocycles. The van der Waals surface area contributed by atoms with E-state index >= 15 is 0 Å². The summed E-state index contributed by atoms with van der Waals surface area (Å²) in [5, 5.41) is 0. The largest absolute Gasteiger partial charge is 0.425 e. The smallest absolute Gasteiger partial charge is 0.247 e. The lowest BCUT2D eigenvalue weighted by atomic mass is 10.1. The molecule has 25 heavy (non-hydrogen) atoms. The number of nitrogens with zero attached hydrogens (tertiary/aromatic N) is 2. The third-order valence-corrected chi connectivity index (χ3v) is 4.83. The highest BCUT2D eigenvalue weighted by molar-refractivity contribution is 7.92. The Morgan fingerprint density at radius 1 is 1.28 bits per heavy atom. The third-order valence-electron chi connectivity index (χ3n) is 3.34. The van der Waals surface area contributed by atoms with Crippen molar-refractivity contribution in [2.24, 2.45) is 0 Å². The Bertz CT molecular complexity index is 1050. The van der Waals surface area contributed by atoms with E-state index in [9.17, 15) is 17.6 Å². The van der Waals surface area contributed by atoms with E-state index in [4.69, 9.17) is 4.42 Å². The minimum atomic E-state index is -3.60. The van der Waals surface area contributed by atoms with Gasteiger partial charge in [0.25, 0.3) is 0 Å².